The summed E-state index contributed by atoms with van der Waals surface area (Å²) < 4.78 is 10.9. The van der Waals surface area contributed by atoms with Gasteiger partial charge in [-0.1, -0.05) is 60.7 Å². The monoisotopic (exact) mass is 473 g/mol. The van der Waals surface area contributed by atoms with Gasteiger partial charge in [0.05, 0.1) is 26.4 Å². The summed E-state index contributed by atoms with van der Waals surface area (Å²) in [5, 5.41) is 12.1. The van der Waals surface area contributed by atoms with Crippen LogP contribution in [-0.2, 0) is 16.0 Å². The van der Waals surface area contributed by atoms with E-state index in [1.54, 1.807) is 0 Å². The Morgan fingerprint density at radius 1 is 0.657 bits per heavy atom. The van der Waals surface area contributed by atoms with Crippen molar-refractivity contribution >= 4 is 34.3 Å². The molecule has 0 atom stereocenters. The van der Waals surface area contributed by atoms with Crippen LogP contribution in [0.1, 0.15) is 5.56 Å². The largest absolute Gasteiger partial charge is 0.378 e. The normalized spacial score (nSPS) is 10.9. The van der Waals surface area contributed by atoms with Gasteiger partial charge in [-0.15, -0.1) is 0 Å². The molecule has 3 aromatic carbocycles. The van der Waals surface area contributed by atoms with Crippen LogP contribution in [0.5, 0.6) is 0 Å². The van der Waals surface area contributed by atoms with Crippen LogP contribution in [0.2, 0.25) is 0 Å². The molecule has 182 valence electrons. The first-order chi connectivity index (χ1) is 17.3. The lowest BCUT2D eigenvalue weighted by Crippen LogP contribution is -2.17. The van der Waals surface area contributed by atoms with E-state index in [-0.39, 0.29) is 0 Å². The first kappa shape index (κ1) is 24.3. The molecule has 9 nitrogen and oxygen atoms in total. The Labute approximate surface area is 205 Å². The first-order valence-electron chi connectivity index (χ1n) is 11.7. The zero-order valence-electron chi connectivity index (χ0n) is 19.6. The van der Waals surface area contributed by atoms with Gasteiger partial charge in [-0.3, -0.25) is 0 Å². The molecule has 9 heteroatoms. The molecule has 1 heterocycles. The highest BCUT2D eigenvalue weighted by atomic mass is 16.5. The summed E-state index contributed by atoms with van der Waals surface area (Å²) in [6, 6.07) is 24.5. The van der Waals surface area contributed by atoms with Crippen molar-refractivity contribution in [3.05, 3.63) is 78.4 Å². The number of aromatic nitrogens is 3. The van der Waals surface area contributed by atoms with Crippen LogP contribution in [0.25, 0.3) is 10.8 Å². The Morgan fingerprint density at radius 2 is 1.34 bits per heavy atom. The molecule has 5 N–H and O–H groups in total. The SMILES string of the molecule is NCCOCCOCCNc1nc(NCc2ccccc2)nc(Nc2ccc3ccccc3c2)n1. The molecular weight excluding hydrogens is 442 g/mol. The predicted molar refractivity (Wildman–Crippen MR) is 140 cm³/mol. The molecule has 0 unspecified atom stereocenters. The van der Waals surface area contributed by atoms with Crippen molar-refractivity contribution in [2.24, 2.45) is 5.73 Å². The van der Waals surface area contributed by atoms with E-state index in [0.29, 0.717) is 63.9 Å². The second kappa shape index (κ2) is 13.2. The van der Waals surface area contributed by atoms with Gasteiger partial charge in [0.2, 0.25) is 17.8 Å². The number of hydrogen-bond acceptors (Lipinski definition) is 9. The number of nitrogens with zero attached hydrogens (tertiary/aromatic N) is 3. The highest BCUT2D eigenvalue weighted by Crippen LogP contribution is 2.22. The summed E-state index contributed by atoms with van der Waals surface area (Å²) >= 11 is 0. The average molecular weight is 474 g/mol. The van der Waals surface area contributed by atoms with Crippen molar-refractivity contribution in [2.75, 3.05) is 55.5 Å². The van der Waals surface area contributed by atoms with E-state index in [1.807, 2.05) is 36.4 Å². The quantitative estimate of drug-likeness (QED) is 0.203. The van der Waals surface area contributed by atoms with Crippen molar-refractivity contribution in [1.29, 1.82) is 0 Å². The molecule has 0 amide bonds. The minimum atomic E-state index is 0.449. The molecule has 0 aliphatic rings. The number of anilines is 4. The zero-order chi connectivity index (χ0) is 24.1. The van der Waals surface area contributed by atoms with Crippen molar-refractivity contribution in [2.45, 2.75) is 6.54 Å². The maximum atomic E-state index is 5.57. The topological polar surface area (TPSA) is 119 Å². The van der Waals surface area contributed by atoms with Gasteiger partial charge < -0.3 is 31.2 Å². The van der Waals surface area contributed by atoms with Crippen LogP contribution in [0.3, 0.4) is 0 Å². The lowest BCUT2D eigenvalue weighted by molar-refractivity contribution is 0.0547. The summed E-state index contributed by atoms with van der Waals surface area (Å²) in [6.45, 7) is 3.74. The molecule has 4 rings (SSSR count). The number of hydrogen-bond donors (Lipinski definition) is 4. The fraction of sp³-hybridized carbons (Fsp3) is 0.269. The number of fused-ring (bicyclic) bond motifs is 1. The highest BCUT2D eigenvalue weighted by Gasteiger charge is 2.08. The fourth-order valence-electron chi connectivity index (χ4n) is 3.40. The van der Waals surface area contributed by atoms with Gasteiger partial charge in [-0.2, -0.15) is 15.0 Å². The Kier molecular flexibility index (Phi) is 9.17. The van der Waals surface area contributed by atoms with E-state index in [9.17, 15) is 0 Å². The number of rotatable bonds is 14. The van der Waals surface area contributed by atoms with Crippen molar-refractivity contribution in [3.63, 3.8) is 0 Å². The molecule has 0 saturated heterocycles. The third-order valence-corrected chi connectivity index (χ3v) is 5.10. The second-order valence-electron chi connectivity index (χ2n) is 7.77. The van der Waals surface area contributed by atoms with Crippen molar-refractivity contribution in [1.82, 2.24) is 15.0 Å². The molecule has 0 fully saturated rings. The van der Waals surface area contributed by atoms with Crippen LogP contribution in [0.4, 0.5) is 23.5 Å². The maximum absolute atomic E-state index is 5.57. The summed E-state index contributed by atoms with van der Waals surface area (Å²) in [4.78, 5) is 13.6. The van der Waals surface area contributed by atoms with Gasteiger partial charge in [0.25, 0.3) is 0 Å². The summed E-state index contributed by atoms with van der Waals surface area (Å²) in [6.07, 6.45) is 0. The van der Waals surface area contributed by atoms with Crippen molar-refractivity contribution < 1.29 is 9.47 Å². The highest BCUT2D eigenvalue weighted by molar-refractivity contribution is 5.86. The molecule has 4 aromatic rings. The predicted octanol–water partition coefficient (Wildman–Crippen LogP) is 3.78. The van der Waals surface area contributed by atoms with Crippen LogP contribution < -0.4 is 21.7 Å². The lowest BCUT2D eigenvalue weighted by Gasteiger charge is -2.12. The number of nitrogens with two attached hydrogens (primary N) is 1. The Morgan fingerprint density at radius 3 is 2.14 bits per heavy atom. The molecular formula is C26H31N7O2. The van der Waals surface area contributed by atoms with E-state index in [4.69, 9.17) is 15.2 Å². The van der Waals surface area contributed by atoms with Crippen LogP contribution >= 0.6 is 0 Å². The van der Waals surface area contributed by atoms with E-state index >= 15 is 0 Å². The summed E-state index contributed by atoms with van der Waals surface area (Å²) in [7, 11) is 0. The Hall–Kier alpha value is -3.79. The van der Waals surface area contributed by atoms with Crippen LogP contribution in [0.15, 0.2) is 72.8 Å². The molecule has 0 spiro atoms. The summed E-state index contributed by atoms with van der Waals surface area (Å²) in [5.74, 6) is 1.39. The maximum Gasteiger partial charge on any atom is 0.233 e. The van der Waals surface area contributed by atoms with Crippen LogP contribution in [0, 0.1) is 0 Å². The third kappa shape index (κ3) is 7.89. The zero-order valence-corrected chi connectivity index (χ0v) is 19.6. The smallest absolute Gasteiger partial charge is 0.233 e. The second-order valence-corrected chi connectivity index (χ2v) is 7.77. The molecule has 0 aliphatic heterocycles. The van der Waals surface area contributed by atoms with Gasteiger partial charge in [-0.05, 0) is 28.5 Å². The van der Waals surface area contributed by atoms with E-state index in [1.165, 1.54) is 5.39 Å². The minimum Gasteiger partial charge on any atom is -0.378 e. The fourth-order valence-corrected chi connectivity index (χ4v) is 3.40. The molecule has 35 heavy (non-hydrogen) atoms. The molecule has 0 aliphatic carbocycles. The van der Waals surface area contributed by atoms with Crippen LogP contribution in [-0.4, -0.2) is 54.5 Å². The minimum absolute atomic E-state index is 0.449. The molecule has 0 bridgehead atoms. The average Bonchev–Trinajstić information content (AvgIpc) is 2.89. The van der Waals surface area contributed by atoms with Gasteiger partial charge in [-0.25, -0.2) is 0 Å². The van der Waals surface area contributed by atoms with Gasteiger partial charge in [0, 0.05) is 25.3 Å². The van der Waals surface area contributed by atoms with E-state index < -0.39 is 0 Å². The molecule has 0 radical (unpaired) electrons. The Balaban J connectivity index is 1.41. The standard InChI is InChI=1S/C26H31N7O2/c27-12-14-34-16-17-35-15-13-28-24-31-25(29-19-20-6-2-1-3-7-20)33-26(32-24)30-23-11-10-21-8-4-5-9-22(21)18-23/h1-11,18H,12-17,19,27H2,(H3,28,29,30,31,32,33). The number of ether oxygens (including phenoxy) is 2. The van der Waals surface area contributed by atoms with E-state index in [2.05, 4.69) is 67.3 Å². The third-order valence-electron chi connectivity index (χ3n) is 5.10. The Bertz CT molecular complexity index is 1190. The van der Waals surface area contributed by atoms with Gasteiger partial charge in [0.1, 0.15) is 0 Å². The summed E-state index contributed by atoms with van der Waals surface area (Å²) in [5.41, 5.74) is 7.44. The van der Waals surface area contributed by atoms with Gasteiger partial charge >= 0.3 is 0 Å². The van der Waals surface area contributed by atoms with Crippen molar-refractivity contribution in [3.8, 4) is 0 Å². The molecule has 0 saturated carbocycles. The number of benzene rings is 3. The number of nitrogens with one attached hydrogen (secondary N) is 3. The van der Waals surface area contributed by atoms with Gasteiger partial charge in [0.15, 0.2) is 0 Å². The molecule has 1 aromatic heterocycles. The lowest BCUT2D eigenvalue weighted by atomic mass is 10.1. The first-order valence-corrected chi connectivity index (χ1v) is 11.7. The van der Waals surface area contributed by atoms with E-state index in [0.717, 1.165) is 16.6 Å².